The van der Waals surface area contributed by atoms with E-state index in [9.17, 15) is 4.79 Å². The number of aryl methyl sites for hydroxylation is 4. The van der Waals surface area contributed by atoms with Crippen LogP contribution in [0.3, 0.4) is 0 Å². The first-order valence-corrected chi connectivity index (χ1v) is 13.8. The second kappa shape index (κ2) is 12.4. The molecule has 1 aromatic carbocycles. The van der Waals surface area contributed by atoms with E-state index in [1.807, 2.05) is 47.6 Å². The van der Waals surface area contributed by atoms with Crippen molar-refractivity contribution in [1.82, 2.24) is 39.4 Å². The second-order valence-electron chi connectivity index (χ2n) is 9.89. The highest BCUT2D eigenvalue weighted by Crippen LogP contribution is 2.31. The number of fused-ring (bicyclic) bond motifs is 1. The van der Waals surface area contributed by atoms with Gasteiger partial charge in [0.2, 0.25) is 0 Å². The van der Waals surface area contributed by atoms with E-state index < -0.39 is 0 Å². The number of aromatic nitrogens is 7. The highest BCUT2D eigenvalue weighted by atomic mass is 16.5. The lowest BCUT2D eigenvalue weighted by atomic mass is 10.1. The maximum Gasteiger partial charge on any atom is 0.270 e. The third-order valence-corrected chi connectivity index (χ3v) is 7.12. The number of ether oxygens (including phenoxy) is 3. The van der Waals surface area contributed by atoms with Gasteiger partial charge >= 0.3 is 0 Å². The summed E-state index contributed by atoms with van der Waals surface area (Å²) in [7, 11) is 6.72. The molecule has 0 radical (unpaired) electrons. The first kappa shape index (κ1) is 28.8. The summed E-state index contributed by atoms with van der Waals surface area (Å²) < 4.78 is 21.7. The quantitative estimate of drug-likeness (QED) is 0.223. The average Bonchev–Trinajstić information content (AvgIpc) is 3.71. The van der Waals surface area contributed by atoms with Crippen molar-refractivity contribution in [2.75, 3.05) is 27.9 Å². The van der Waals surface area contributed by atoms with Crippen LogP contribution in [0.4, 0.5) is 0 Å². The summed E-state index contributed by atoms with van der Waals surface area (Å²) in [6.07, 6.45) is 4.60. The van der Waals surface area contributed by atoms with E-state index in [2.05, 4.69) is 22.4 Å². The molecule has 4 aromatic heterocycles. The molecule has 5 rings (SSSR count). The molecule has 0 aliphatic carbocycles. The number of carbonyl (C=O) groups excluding carboxylic acids is 1. The Kier molecular flexibility index (Phi) is 8.53. The minimum Gasteiger partial charge on any atom is -0.497 e. The zero-order chi connectivity index (χ0) is 29.8. The normalized spacial score (nSPS) is 11.3. The van der Waals surface area contributed by atoms with Gasteiger partial charge in [-0.05, 0) is 44.5 Å². The van der Waals surface area contributed by atoms with E-state index >= 15 is 0 Å². The molecular weight excluding hydrogens is 536 g/mol. The summed E-state index contributed by atoms with van der Waals surface area (Å²) in [6, 6.07) is 9.26. The summed E-state index contributed by atoms with van der Waals surface area (Å²) in [6.45, 7) is 6.30. The van der Waals surface area contributed by atoms with Gasteiger partial charge in [-0.3, -0.25) is 14.2 Å². The highest BCUT2D eigenvalue weighted by molar-refractivity contribution is 5.99. The lowest BCUT2D eigenvalue weighted by Crippen LogP contribution is -2.24. The van der Waals surface area contributed by atoms with Gasteiger partial charge in [0.05, 0.1) is 37.3 Å². The number of imidazole rings is 1. The lowest BCUT2D eigenvalue weighted by molar-refractivity contribution is 0.0946. The van der Waals surface area contributed by atoms with Gasteiger partial charge in [-0.25, -0.2) is 9.97 Å². The van der Waals surface area contributed by atoms with Crippen LogP contribution in [0.15, 0.2) is 42.7 Å². The number of rotatable bonds is 12. The average molecular weight is 573 g/mol. The minimum absolute atomic E-state index is 0.257. The number of hydrogen-bond acceptors (Lipinski definition) is 8. The zero-order valence-corrected chi connectivity index (χ0v) is 24.8. The maximum atomic E-state index is 13.4. The minimum atomic E-state index is -0.320. The Labute approximate surface area is 244 Å². The van der Waals surface area contributed by atoms with Crippen molar-refractivity contribution in [2.45, 2.75) is 39.9 Å². The molecule has 42 heavy (non-hydrogen) atoms. The standard InChI is InChI=1S/C30H36N8O4/c1-7-37-18-24(26-13-19(2)35-38(26)11-8-12-40-4)34-29(37)28-22-17-32-36(3)25(22)15-23(33-28)30(39)31-16-20-9-10-21(41-5)14-27(20)42-6/h9-10,13-15,17-18H,7-8,11-12,16H2,1-6H3,(H,31,39). The van der Waals surface area contributed by atoms with E-state index in [1.54, 1.807) is 44.3 Å². The van der Waals surface area contributed by atoms with Gasteiger partial charge in [0.25, 0.3) is 5.91 Å². The summed E-state index contributed by atoms with van der Waals surface area (Å²) in [4.78, 5) is 23.3. The Morgan fingerprint density at radius 3 is 2.64 bits per heavy atom. The fourth-order valence-electron chi connectivity index (χ4n) is 4.94. The van der Waals surface area contributed by atoms with Crippen LogP contribution in [0.1, 0.15) is 35.1 Å². The smallest absolute Gasteiger partial charge is 0.270 e. The van der Waals surface area contributed by atoms with E-state index in [0.717, 1.165) is 40.0 Å². The third-order valence-electron chi connectivity index (χ3n) is 7.12. The maximum absolute atomic E-state index is 13.4. The van der Waals surface area contributed by atoms with Crippen molar-refractivity contribution in [3.8, 4) is 34.4 Å². The molecule has 12 nitrogen and oxygen atoms in total. The first-order chi connectivity index (χ1) is 20.4. The lowest BCUT2D eigenvalue weighted by Gasteiger charge is -2.12. The van der Waals surface area contributed by atoms with Crippen LogP contribution in [0.25, 0.3) is 33.8 Å². The second-order valence-corrected chi connectivity index (χ2v) is 9.89. The van der Waals surface area contributed by atoms with E-state index in [4.69, 9.17) is 24.2 Å². The molecule has 0 saturated heterocycles. The van der Waals surface area contributed by atoms with Crippen LogP contribution in [0, 0.1) is 6.92 Å². The number of amides is 1. The molecule has 5 aromatic rings. The molecule has 12 heteroatoms. The Morgan fingerprint density at radius 2 is 1.90 bits per heavy atom. The molecule has 0 spiro atoms. The first-order valence-electron chi connectivity index (χ1n) is 13.8. The fraction of sp³-hybridized carbons (Fsp3) is 0.367. The van der Waals surface area contributed by atoms with Gasteiger partial charge in [-0.1, -0.05) is 0 Å². The summed E-state index contributed by atoms with van der Waals surface area (Å²) in [5.74, 6) is 1.63. The monoisotopic (exact) mass is 572 g/mol. The van der Waals surface area contributed by atoms with Crippen molar-refractivity contribution in [3.05, 3.63) is 59.7 Å². The Bertz CT molecular complexity index is 1720. The largest absolute Gasteiger partial charge is 0.497 e. The van der Waals surface area contributed by atoms with Crippen molar-refractivity contribution in [2.24, 2.45) is 7.05 Å². The summed E-state index contributed by atoms with van der Waals surface area (Å²) >= 11 is 0. The van der Waals surface area contributed by atoms with Crippen LogP contribution in [-0.4, -0.2) is 67.9 Å². The van der Waals surface area contributed by atoms with Crippen LogP contribution < -0.4 is 14.8 Å². The van der Waals surface area contributed by atoms with Gasteiger partial charge < -0.3 is 24.1 Å². The molecule has 1 N–H and O–H groups in total. The molecular formula is C30H36N8O4. The fourth-order valence-corrected chi connectivity index (χ4v) is 4.94. The molecule has 220 valence electrons. The highest BCUT2D eigenvalue weighted by Gasteiger charge is 2.22. The van der Waals surface area contributed by atoms with Crippen LogP contribution in [0.5, 0.6) is 11.5 Å². The van der Waals surface area contributed by atoms with E-state index in [-0.39, 0.29) is 18.1 Å². The zero-order valence-electron chi connectivity index (χ0n) is 24.8. The molecule has 0 bridgehead atoms. The SMILES string of the molecule is CCn1cc(-c2cc(C)nn2CCCOC)nc1-c1nc(C(=O)NCc2ccc(OC)cc2OC)cc2c1cnn2C. The molecule has 0 saturated carbocycles. The van der Waals surface area contributed by atoms with Gasteiger partial charge in [0, 0.05) is 63.6 Å². The molecule has 0 unspecified atom stereocenters. The third kappa shape index (κ3) is 5.70. The number of benzene rings is 1. The van der Waals surface area contributed by atoms with E-state index in [1.165, 1.54) is 0 Å². The van der Waals surface area contributed by atoms with Crippen LogP contribution in [-0.2, 0) is 31.4 Å². The van der Waals surface area contributed by atoms with Gasteiger partial charge in [0.15, 0.2) is 5.82 Å². The van der Waals surface area contributed by atoms with Crippen molar-refractivity contribution in [3.63, 3.8) is 0 Å². The van der Waals surface area contributed by atoms with Crippen LogP contribution >= 0.6 is 0 Å². The molecule has 0 fully saturated rings. The van der Waals surface area contributed by atoms with Gasteiger partial charge in [-0.2, -0.15) is 10.2 Å². The number of carbonyl (C=O) groups is 1. The molecule has 0 aliphatic rings. The van der Waals surface area contributed by atoms with E-state index in [0.29, 0.717) is 42.7 Å². The predicted octanol–water partition coefficient (Wildman–Crippen LogP) is 4.01. The molecule has 1 amide bonds. The topological polar surface area (TPSA) is 123 Å². The Balaban J connectivity index is 1.51. The number of methoxy groups -OCH3 is 3. The molecule has 0 atom stereocenters. The van der Waals surface area contributed by atoms with Crippen molar-refractivity contribution < 1.29 is 19.0 Å². The van der Waals surface area contributed by atoms with Gasteiger partial charge in [0.1, 0.15) is 28.6 Å². The number of nitrogens with one attached hydrogen (secondary N) is 1. The van der Waals surface area contributed by atoms with Crippen molar-refractivity contribution in [1.29, 1.82) is 0 Å². The number of pyridine rings is 1. The summed E-state index contributed by atoms with van der Waals surface area (Å²) in [5.41, 5.74) is 5.06. The van der Waals surface area contributed by atoms with Gasteiger partial charge in [-0.15, -0.1) is 0 Å². The summed E-state index contributed by atoms with van der Waals surface area (Å²) in [5, 5.41) is 12.9. The Morgan fingerprint density at radius 1 is 1.07 bits per heavy atom. The number of hydrogen-bond donors (Lipinski definition) is 1. The Hall–Kier alpha value is -4.71. The number of nitrogens with zero attached hydrogens (tertiary/aromatic N) is 7. The predicted molar refractivity (Wildman–Crippen MR) is 159 cm³/mol. The molecule has 4 heterocycles. The molecule has 0 aliphatic heterocycles. The van der Waals surface area contributed by atoms with Crippen molar-refractivity contribution >= 4 is 16.8 Å². The van der Waals surface area contributed by atoms with Crippen LogP contribution in [0.2, 0.25) is 0 Å².